The number of hydrogen-bond acceptors (Lipinski definition) is 3. The van der Waals surface area contributed by atoms with Crippen molar-refractivity contribution in [2.24, 2.45) is 0 Å². The SMILES string of the molecule is O=C(Cc1ccn[nH]1)N[C@@H](CCc1ccccc1)C(=O)O. The zero-order chi connectivity index (χ0) is 15.1. The van der Waals surface area contributed by atoms with Gasteiger partial charge in [-0.05, 0) is 24.5 Å². The van der Waals surface area contributed by atoms with Crippen molar-refractivity contribution in [1.82, 2.24) is 15.5 Å². The molecule has 0 bridgehead atoms. The van der Waals surface area contributed by atoms with Crippen LogP contribution in [0.5, 0.6) is 0 Å². The van der Waals surface area contributed by atoms with Crippen LogP contribution in [0, 0.1) is 0 Å². The lowest BCUT2D eigenvalue weighted by molar-refractivity contribution is -0.141. The van der Waals surface area contributed by atoms with Gasteiger partial charge in [-0.25, -0.2) is 4.79 Å². The van der Waals surface area contributed by atoms with Crippen molar-refractivity contribution in [3.8, 4) is 0 Å². The molecule has 0 saturated heterocycles. The highest BCUT2D eigenvalue weighted by atomic mass is 16.4. The number of amides is 1. The molecule has 0 saturated carbocycles. The minimum atomic E-state index is -1.02. The average Bonchev–Trinajstić information content (AvgIpc) is 2.97. The maximum absolute atomic E-state index is 11.8. The Kier molecular flexibility index (Phi) is 5.09. The number of aliphatic carboxylic acids is 1. The van der Waals surface area contributed by atoms with Gasteiger partial charge in [-0.1, -0.05) is 30.3 Å². The minimum absolute atomic E-state index is 0.0924. The van der Waals surface area contributed by atoms with Crippen molar-refractivity contribution in [2.75, 3.05) is 0 Å². The Morgan fingerprint density at radius 2 is 2.00 bits per heavy atom. The summed E-state index contributed by atoms with van der Waals surface area (Å²) < 4.78 is 0. The molecule has 6 heteroatoms. The first-order valence-electron chi connectivity index (χ1n) is 6.69. The predicted molar refractivity (Wildman–Crippen MR) is 76.6 cm³/mol. The van der Waals surface area contributed by atoms with Gasteiger partial charge in [-0.2, -0.15) is 5.10 Å². The van der Waals surface area contributed by atoms with Gasteiger partial charge < -0.3 is 10.4 Å². The Balaban J connectivity index is 1.87. The van der Waals surface area contributed by atoms with Crippen molar-refractivity contribution in [2.45, 2.75) is 25.3 Å². The molecular weight excluding hydrogens is 270 g/mol. The normalized spacial score (nSPS) is 11.8. The standard InChI is InChI=1S/C15H17N3O3/c19-14(10-12-8-9-16-18-12)17-13(15(20)21)7-6-11-4-2-1-3-5-11/h1-5,8-9,13H,6-7,10H2,(H,16,18)(H,17,19)(H,20,21)/t13-/m0/s1. The minimum Gasteiger partial charge on any atom is -0.480 e. The maximum Gasteiger partial charge on any atom is 0.326 e. The van der Waals surface area contributed by atoms with Gasteiger partial charge >= 0.3 is 5.97 Å². The van der Waals surface area contributed by atoms with Crippen LogP contribution < -0.4 is 5.32 Å². The van der Waals surface area contributed by atoms with Gasteiger partial charge in [0.15, 0.2) is 0 Å². The van der Waals surface area contributed by atoms with Crippen LogP contribution in [0.4, 0.5) is 0 Å². The van der Waals surface area contributed by atoms with Crippen molar-refractivity contribution in [3.63, 3.8) is 0 Å². The smallest absolute Gasteiger partial charge is 0.326 e. The topological polar surface area (TPSA) is 95.1 Å². The van der Waals surface area contributed by atoms with Crippen LogP contribution in [0.25, 0.3) is 0 Å². The van der Waals surface area contributed by atoms with Crippen molar-refractivity contribution in [3.05, 3.63) is 53.9 Å². The van der Waals surface area contributed by atoms with E-state index in [0.29, 0.717) is 18.5 Å². The summed E-state index contributed by atoms with van der Waals surface area (Å²) in [5, 5.41) is 18.1. The molecule has 3 N–H and O–H groups in total. The largest absolute Gasteiger partial charge is 0.480 e. The van der Waals surface area contributed by atoms with Crippen LogP contribution in [-0.4, -0.2) is 33.2 Å². The third-order valence-electron chi connectivity index (χ3n) is 3.11. The van der Waals surface area contributed by atoms with Crippen LogP contribution in [0.2, 0.25) is 0 Å². The molecule has 1 atom stereocenters. The van der Waals surface area contributed by atoms with Gasteiger partial charge in [0.05, 0.1) is 6.42 Å². The summed E-state index contributed by atoms with van der Waals surface area (Å²) in [6.45, 7) is 0. The van der Waals surface area contributed by atoms with E-state index in [1.54, 1.807) is 12.3 Å². The summed E-state index contributed by atoms with van der Waals surface area (Å²) >= 11 is 0. The van der Waals surface area contributed by atoms with Gasteiger partial charge in [0, 0.05) is 11.9 Å². The fraction of sp³-hybridized carbons (Fsp3) is 0.267. The molecule has 1 aromatic heterocycles. The maximum atomic E-state index is 11.8. The van der Waals surface area contributed by atoms with E-state index in [9.17, 15) is 14.7 Å². The summed E-state index contributed by atoms with van der Waals surface area (Å²) in [5.41, 5.74) is 1.70. The van der Waals surface area contributed by atoms with Gasteiger partial charge in [0.1, 0.15) is 6.04 Å². The number of benzene rings is 1. The first kappa shape index (κ1) is 14.8. The molecule has 2 aromatic rings. The van der Waals surface area contributed by atoms with E-state index in [2.05, 4.69) is 15.5 Å². The molecular formula is C15H17N3O3. The van der Waals surface area contributed by atoms with Gasteiger partial charge in [0.25, 0.3) is 0 Å². The molecule has 1 aromatic carbocycles. The zero-order valence-electron chi connectivity index (χ0n) is 11.5. The number of hydrogen-bond donors (Lipinski definition) is 3. The Bertz CT molecular complexity index is 581. The first-order chi connectivity index (χ1) is 10.1. The Morgan fingerprint density at radius 1 is 1.24 bits per heavy atom. The monoisotopic (exact) mass is 287 g/mol. The number of nitrogens with zero attached hydrogens (tertiary/aromatic N) is 1. The van der Waals surface area contributed by atoms with E-state index in [-0.39, 0.29) is 12.3 Å². The average molecular weight is 287 g/mol. The molecule has 1 heterocycles. The van der Waals surface area contributed by atoms with E-state index >= 15 is 0 Å². The quantitative estimate of drug-likeness (QED) is 0.712. The van der Waals surface area contributed by atoms with E-state index in [4.69, 9.17) is 0 Å². The van der Waals surface area contributed by atoms with E-state index in [1.807, 2.05) is 30.3 Å². The number of aromatic nitrogens is 2. The summed E-state index contributed by atoms with van der Waals surface area (Å²) in [5.74, 6) is -1.36. The molecule has 0 unspecified atom stereocenters. The summed E-state index contributed by atoms with van der Waals surface area (Å²) in [6.07, 6.45) is 2.60. The highest BCUT2D eigenvalue weighted by Crippen LogP contribution is 2.06. The summed E-state index contributed by atoms with van der Waals surface area (Å²) in [7, 11) is 0. The molecule has 0 aliphatic carbocycles. The number of nitrogens with one attached hydrogen (secondary N) is 2. The van der Waals surface area contributed by atoms with E-state index in [1.165, 1.54) is 0 Å². The lowest BCUT2D eigenvalue weighted by Gasteiger charge is -2.14. The molecule has 110 valence electrons. The number of rotatable bonds is 7. The molecule has 0 aliphatic heterocycles. The lowest BCUT2D eigenvalue weighted by Crippen LogP contribution is -2.41. The van der Waals surface area contributed by atoms with Crippen LogP contribution >= 0.6 is 0 Å². The number of aryl methyl sites for hydroxylation is 1. The molecule has 1 amide bonds. The Labute approximate surface area is 122 Å². The molecule has 0 radical (unpaired) electrons. The predicted octanol–water partition coefficient (Wildman–Crippen LogP) is 1.15. The second kappa shape index (κ2) is 7.23. The van der Waals surface area contributed by atoms with Crippen LogP contribution in [0.1, 0.15) is 17.7 Å². The fourth-order valence-electron chi connectivity index (χ4n) is 2.01. The number of aromatic amines is 1. The Hall–Kier alpha value is -2.63. The number of carbonyl (C=O) groups excluding carboxylic acids is 1. The number of carboxylic acid groups (broad SMARTS) is 1. The highest BCUT2D eigenvalue weighted by Gasteiger charge is 2.19. The van der Waals surface area contributed by atoms with Gasteiger partial charge in [-0.3, -0.25) is 9.89 Å². The highest BCUT2D eigenvalue weighted by molar-refractivity contribution is 5.84. The van der Waals surface area contributed by atoms with Crippen LogP contribution in [0.15, 0.2) is 42.6 Å². The molecule has 0 aliphatic rings. The summed E-state index contributed by atoms with van der Waals surface area (Å²) in [4.78, 5) is 23.0. The summed E-state index contributed by atoms with van der Waals surface area (Å²) in [6, 6.07) is 10.4. The lowest BCUT2D eigenvalue weighted by atomic mass is 10.1. The van der Waals surface area contributed by atoms with Crippen LogP contribution in [0.3, 0.4) is 0 Å². The second-order valence-corrected chi connectivity index (χ2v) is 4.74. The third-order valence-corrected chi connectivity index (χ3v) is 3.11. The van der Waals surface area contributed by atoms with E-state index in [0.717, 1.165) is 5.56 Å². The number of H-pyrrole nitrogens is 1. The number of carbonyl (C=O) groups is 2. The molecule has 0 spiro atoms. The fourth-order valence-corrected chi connectivity index (χ4v) is 2.01. The third kappa shape index (κ3) is 4.76. The molecule has 0 fully saturated rings. The van der Waals surface area contributed by atoms with Crippen molar-refractivity contribution >= 4 is 11.9 Å². The first-order valence-corrected chi connectivity index (χ1v) is 6.69. The second-order valence-electron chi connectivity index (χ2n) is 4.74. The van der Waals surface area contributed by atoms with Crippen molar-refractivity contribution in [1.29, 1.82) is 0 Å². The molecule has 21 heavy (non-hydrogen) atoms. The van der Waals surface area contributed by atoms with Crippen molar-refractivity contribution < 1.29 is 14.7 Å². The molecule has 6 nitrogen and oxygen atoms in total. The zero-order valence-corrected chi connectivity index (χ0v) is 11.5. The van der Waals surface area contributed by atoms with Crippen LogP contribution in [-0.2, 0) is 22.4 Å². The van der Waals surface area contributed by atoms with E-state index < -0.39 is 12.0 Å². The molecule has 2 rings (SSSR count). The Morgan fingerprint density at radius 3 is 2.62 bits per heavy atom. The van der Waals surface area contributed by atoms with Gasteiger partial charge in [-0.15, -0.1) is 0 Å². The van der Waals surface area contributed by atoms with Gasteiger partial charge in [0.2, 0.25) is 5.91 Å². The number of carboxylic acids is 1.